The summed E-state index contributed by atoms with van der Waals surface area (Å²) in [5.74, 6) is -3.26. The zero-order valence-corrected chi connectivity index (χ0v) is 19.7. The van der Waals surface area contributed by atoms with Crippen molar-refractivity contribution in [2.75, 3.05) is 6.54 Å². The molecule has 2 aromatic heterocycles. The molecule has 0 aliphatic heterocycles. The number of amides is 3. The molecule has 37 heavy (non-hydrogen) atoms. The normalized spacial score (nSPS) is 13.2. The van der Waals surface area contributed by atoms with Gasteiger partial charge in [-0.15, -0.1) is 0 Å². The lowest BCUT2D eigenvalue weighted by Gasteiger charge is -2.24. The SMILES string of the molecule is NCC(=O)NC(Cc1cnc[nH]1)C(=O)NC(Cc1cnc[nH]1)C(=O)NC(Cc1ccc(O)cc1)C(=O)O. The fourth-order valence-corrected chi connectivity index (χ4v) is 3.52. The van der Waals surface area contributed by atoms with E-state index in [0.717, 1.165) is 0 Å². The Morgan fingerprint density at radius 1 is 0.811 bits per heavy atom. The Labute approximate surface area is 211 Å². The molecule has 0 aliphatic rings. The van der Waals surface area contributed by atoms with E-state index in [1.165, 1.54) is 37.2 Å². The number of aromatic hydroxyl groups is 1. The average Bonchev–Trinajstić information content (AvgIpc) is 3.58. The number of benzene rings is 1. The van der Waals surface area contributed by atoms with Crippen molar-refractivity contribution in [2.24, 2.45) is 5.73 Å². The highest BCUT2D eigenvalue weighted by molar-refractivity contribution is 5.93. The Kier molecular flexibility index (Phi) is 9.32. The standard InChI is InChI=1S/C23H28N8O6/c24-8-20(33)29-17(6-14-9-25-11-27-14)21(34)30-18(7-15-10-26-12-28-15)22(35)31-19(23(36)37)5-13-1-3-16(32)4-2-13/h1-4,9-12,17-19,32H,5-8,24H2,(H,25,27)(H,26,28)(H,29,33)(H,30,34)(H,31,35)(H,36,37). The Balaban J connectivity index is 1.77. The first kappa shape index (κ1) is 26.9. The van der Waals surface area contributed by atoms with Crippen LogP contribution in [-0.2, 0) is 38.4 Å². The highest BCUT2D eigenvalue weighted by Gasteiger charge is 2.30. The van der Waals surface area contributed by atoms with Gasteiger partial charge in [-0.1, -0.05) is 12.1 Å². The lowest BCUT2D eigenvalue weighted by atomic mass is 10.0. The summed E-state index contributed by atoms with van der Waals surface area (Å²) in [6, 6.07) is 2.31. The van der Waals surface area contributed by atoms with Gasteiger partial charge < -0.3 is 41.9 Å². The molecule has 0 radical (unpaired) electrons. The number of imidazole rings is 2. The van der Waals surface area contributed by atoms with E-state index in [9.17, 15) is 29.4 Å². The number of phenolic OH excluding ortho intramolecular Hbond substituents is 1. The van der Waals surface area contributed by atoms with Gasteiger partial charge in [-0.3, -0.25) is 14.4 Å². The van der Waals surface area contributed by atoms with Crippen LogP contribution in [0.25, 0.3) is 0 Å². The van der Waals surface area contributed by atoms with Gasteiger partial charge in [0, 0.05) is 43.0 Å². The van der Waals surface area contributed by atoms with Crippen molar-refractivity contribution in [2.45, 2.75) is 37.4 Å². The van der Waals surface area contributed by atoms with Crippen molar-refractivity contribution in [1.82, 2.24) is 35.9 Å². The number of carbonyl (C=O) groups is 4. The summed E-state index contributed by atoms with van der Waals surface area (Å²) in [5, 5.41) is 26.7. The van der Waals surface area contributed by atoms with E-state index in [0.29, 0.717) is 17.0 Å². The number of hydrogen-bond donors (Lipinski definition) is 8. The van der Waals surface area contributed by atoms with Gasteiger partial charge in [-0.05, 0) is 17.7 Å². The van der Waals surface area contributed by atoms with E-state index in [1.54, 1.807) is 12.1 Å². The molecule has 1 aromatic carbocycles. The summed E-state index contributed by atoms with van der Waals surface area (Å²) < 4.78 is 0. The van der Waals surface area contributed by atoms with Crippen molar-refractivity contribution in [3.8, 4) is 5.75 Å². The largest absolute Gasteiger partial charge is 0.508 e. The third kappa shape index (κ3) is 8.17. The maximum Gasteiger partial charge on any atom is 0.326 e. The second-order valence-corrected chi connectivity index (χ2v) is 8.22. The van der Waals surface area contributed by atoms with Crippen LogP contribution < -0.4 is 21.7 Å². The Hall–Kier alpha value is -4.72. The van der Waals surface area contributed by atoms with Crippen LogP contribution in [0.4, 0.5) is 0 Å². The molecule has 3 unspecified atom stereocenters. The van der Waals surface area contributed by atoms with E-state index >= 15 is 0 Å². The summed E-state index contributed by atoms with van der Waals surface area (Å²) >= 11 is 0. The zero-order valence-electron chi connectivity index (χ0n) is 19.7. The summed E-state index contributed by atoms with van der Waals surface area (Å²) in [6.45, 7) is -0.345. The molecule has 3 rings (SSSR count). The van der Waals surface area contributed by atoms with Gasteiger partial charge in [0.05, 0.1) is 19.2 Å². The van der Waals surface area contributed by atoms with Gasteiger partial charge in [0.1, 0.15) is 23.9 Å². The van der Waals surface area contributed by atoms with Gasteiger partial charge >= 0.3 is 5.97 Å². The number of nitrogens with one attached hydrogen (secondary N) is 5. The minimum atomic E-state index is -1.31. The lowest BCUT2D eigenvalue weighted by molar-refractivity contribution is -0.142. The highest BCUT2D eigenvalue weighted by Crippen LogP contribution is 2.12. The van der Waals surface area contributed by atoms with Crippen LogP contribution in [0.3, 0.4) is 0 Å². The molecule has 3 amide bonds. The maximum atomic E-state index is 13.2. The van der Waals surface area contributed by atoms with Crippen molar-refractivity contribution < 1.29 is 29.4 Å². The minimum absolute atomic E-state index is 0.0217. The molecule has 3 aromatic rings. The number of hydrogen-bond acceptors (Lipinski definition) is 8. The van der Waals surface area contributed by atoms with E-state index in [1.807, 2.05) is 0 Å². The van der Waals surface area contributed by atoms with E-state index in [2.05, 4.69) is 35.9 Å². The number of nitrogens with two attached hydrogens (primary N) is 1. The van der Waals surface area contributed by atoms with Crippen molar-refractivity contribution in [3.05, 3.63) is 66.3 Å². The van der Waals surface area contributed by atoms with Crippen LogP contribution in [0.15, 0.2) is 49.3 Å². The van der Waals surface area contributed by atoms with Gasteiger partial charge in [-0.2, -0.15) is 0 Å². The Morgan fingerprint density at radius 3 is 1.78 bits per heavy atom. The smallest absolute Gasteiger partial charge is 0.326 e. The van der Waals surface area contributed by atoms with Gasteiger partial charge in [0.15, 0.2) is 0 Å². The summed E-state index contributed by atoms with van der Waals surface area (Å²) in [4.78, 5) is 63.6. The fraction of sp³-hybridized carbons (Fsp3) is 0.304. The molecule has 0 spiro atoms. The van der Waals surface area contributed by atoms with Crippen LogP contribution in [0, 0.1) is 0 Å². The predicted octanol–water partition coefficient (Wildman–Crippen LogP) is -1.64. The number of aromatic amines is 2. The molecule has 0 saturated carbocycles. The van der Waals surface area contributed by atoms with Crippen LogP contribution in [-0.4, -0.2) is 78.5 Å². The molecule has 14 heteroatoms. The first-order chi connectivity index (χ1) is 17.7. The number of carboxylic acids is 1. The first-order valence-corrected chi connectivity index (χ1v) is 11.3. The third-order valence-corrected chi connectivity index (χ3v) is 5.42. The predicted molar refractivity (Wildman–Crippen MR) is 129 cm³/mol. The van der Waals surface area contributed by atoms with Crippen LogP contribution in [0.5, 0.6) is 5.75 Å². The number of phenols is 1. The average molecular weight is 513 g/mol. The molecule has 14 nitrogen and oxygen atoms in total. The number of nitrogens with zero attached hydrogens (tertiary/aromatic N) is 2. The molecule has 9 N–H and O–H groups in total. The van der Waals surface area contributed by atoms with Crippen LogP contribution in [0.2, 0.25) is 0 Å². The van der Waals surface area contributed by atoms with Gasteiger partial charge in [0.25, 0.3) is 0 Å². The molecular formula is C23H28N8O6. The zero-order chi connectivity index (χ0) is 26.8. The molecule has 0 bridgehead atoms. The number of aromatic nitrogens is 4. The van der Waals surface area contributed by atoms with Crippen molar-refractivity contribution in [1.29, 1.82) is 0 Å². The number of carbonyl (C=O) groups excluding carboxylic acids is 3. The van der Waals surface area contributed by atoms with Crippen molar-refractivity contribution >= 4 is 23.7 Å². The molecule has 0 saturated heterocycles. The highest BCUT2D eigenvalue weighted by atomic mass is 16.4. The molecule has 196 valence electrons. The van der Waals surface area contributed by atoms with Gasteiger partial charge in [-0.25, -0.2) is 14.8 Å². The fourth-order valence-electron chi connectivity index (χ4n) is 3.52. The molecule has 3 atom stereocenters. The molecule has 2 heterocycles. The second-order valence-electron chi connectivity index (χ2n) is 8.22. The lowest BCUT2D eigenvalue weighted by Crippen LogP contribution is -2.57. The van der Waals surface area contributed by atoms with Crippen LogP contribution in [0.1, 0.15) is 17.0 Å². The first-order valence-electron chi connectivity index (χ1n) is 11.3. The minimum Gasteiger partial charge on any atom is -0.508 e. The summed E-state index contributed by atoms with van der Waals surface area (Å²) in [7, 11) is 0. The number of rotatable bonds is 13. The number of aliphatic carboxylic acids is 1. The topological polar surface area (TPSA) is 228 Å². The third-order valence-electron chi connectivity index (χ3n) is 5.42. The summed E-state index contributed by atoms with van der Waals surface area (Å²) in [5.41, 5.74) is 7.03. The number of H-pyrrole nitrogens is 2. The van der Waals surface area contributed by atoms with E-state index in [4.69, 9.17) is 5.73 Å². The maximum absolute atomic E-state index is 13.2. The monoisotopic (exact) mass is 512 g/mol. The molecular weight excluding hydrogens is 484 g/mol. The second kappa shape index (κ2) is 12.8. The Morgan fingerprint density at radius 2 is 1.32 bits per heavy atom. The Bertz CT molecular complexity index is 1180. The number of carboxylic acid groups (broad SMARTS) is 1. The quantitative estimate of drug-likeness (QED) is 0.131. The van der Waals surface area contributed by atoms with Crippen LogP contribution >= 0.6 is 0 Å². The van der Waals surface area contributed by atoms with Gasteiger partial charge in [0.2, 0.25) is 17.7 Å². The molecule has 0 fully saturated rings. The van der Waals surface area contributed by atoms with E-state index < -0.39 is 41.8 Å². The summed E-state index contributed by atoms with van der Waals surface area (Å²) in [6.07, 6.45) is 5.75. The van der Waals surface area contributed by atoms with E-state index in [-0.39, 0.29) is 31.6 Å². The molecule has 0 aliphatic carbocycles. The van der Waals surface area contributed by atoms with Crippen molar-refractivity contribution in [3.63, 3.8) is 0 Å².